The molecule has 5 aromatic rings. The summed E-state index contributed by atoms with van der Waals surface area (Å²) in [5.41, 5.74) is 7.17. The smallest absolute Gasteiger partial charge is 0.180 e. The monoisotopic (exact) mass is 527 g/mol. The predicted molar refractivity (Wildman–Crippen MR) is 160 cm³/mol. The van der Waals surface area contributed by atoms with E-state index in [2.05, 4.69) is 74.6 Å². The van der Waals surface area contributed by atoms with Gasteiger partial charge in [0.2, 0.25) is 0 Å². The average Bonchev–Trinajstić information content (AvgIpc) is 3.02. The number of nitrogens with zero attached hydrogens (tertiary/aromatic N) is 6. The molecule has 2 aromatic carbocycles. The second-order valence-electron chi connectivity index (χ2n) is 10.3. The van der Waals surface area contributed by atoms with Gasteiger partial charge in [-0.15, -0.1) is 0 Å². The highest BCUT2D eigenvalue weighted by Crippen LogP contribution is 2.28. The minimum atomic E-state index is 0.576. The molecule has 0 amide bonds. The normalized spacial score (nSPS) is 14.2. The summed E-state index contributed by atoms with van der Waals surface area (Å²) < 4.78 is 0. The van der Waals surface area contributed by atoms with Gasteiger partial charge >= 0.3 is 0 Å². The zero-order valence-electron chi connectivity index (χ0n) is 22.7. The number of benzene rings is 2. The highest BCUT2D eigenvalue weighted by Gasteiger charge is 2.14. The highest BCUT2D eigenvalue weighted by atomic mass is 15.2. The molecule has 7 nitrogen and oxygen atoms in total. The lowest BCUT2D eigenvalue weighted by molar-refractivity contribution is 0.148. The minimum absolute atomic E-state index is 0.576. The van der Waals surface area contributed by atoms with Crippen molar-refractivity contribution in [3.05, 3.63) is 115 Å². The lowest BCUT2D eigenvalue weighted by Gasteiger charge is -2.32. The van der Waals surface area contributed by atoms with E-state index in [4.69, 9.17) is 9.97 Å². The second kappa shape index (κ2) is 12.2. The van der Waals surface area contributed by atoms with Gasteiger partial charge in [-0.3, -0.25) is 14.9 Å². The van der Waals surface area contributed by atoms with E-state index >= 15 is 0 Å². The Morgan fingerprint density at radius 3 is 2.25 bits per heavy atom. The molecular formula is C33H33N7. The third-order valence-corrected chi connectivity index (χ3v) is 7.26. The standard InChI is InChI=1S/C33H33N7/c1-39-15-17-40(18-16-39)24-26-10-12-27(13-11-26)28-19-29(23-34-22-28)31-20-32(36-21-25-7-3-2-4-8-25)38-33(37-31)30-9-5-6-14-35-30/h2-14,19-20,22-23H,15-18,21,24H2,1H3,(H,36,37,38). The predicted octanol–water partition coefficient (Wildman–Crippen LogP) is 5.63. The third kappa shape index (κ3) is 6.39. The fourth-order valence-electron chi connectivity index (χ4n) is 4.89. The number of rotatable bonds is 8. The number of likely N-dealkylation sites (N-methyl/N-ethyl adjacent to an activating group) is 1. The second-order valence-corrected chi connectivity index (χ2v) is 10.3. The molecule has 6 rings (SSSR count). The van der Waals surface area contributed by atoms with Gasteiger partial charge in [0.25, 0.3) is 0 Å². The summed E-state index contributed by atoms with van der Waals surface area (Å²) in [6.45, 7) is 6.15. The number of piperazine rings is 1. The van der Waals surface area contributed by atoms with Crippen LogP contribution in [0.15, 0.2) is 104 Å². The zero-order chi connectivity index (χ0) is 27.1. The van der Waals surface area contributed by atoms with Crippen molar-refractivity contribution in [3.63, 3.8) is 0 Å². The van der Waals surface area contributed by atoms with Crippen molar-refractivity contribution in [1.29, 1.82) is 0 Å². The molecule has 0 bridgehead atoms. The number of anilines is 1. The summed E-state index contributed by atoms with van der Waals surface area (Å²) in [5.74, 6) is 1.32. The third-order valence-electron chi connectivity index (χ3n) is 7.26. The fourth-order valence-corrected chi connectivity index (χ4v) is 4.89. The summed E-state index contributed by atoms with van der Waals surface area (Å²) >= 11 is 0. The molecule has 40 heavy (non-hydrogen) atoms. The maximum Gasteiger partial charge on any atom is 0.180 e. The first kappa shape index (κ1) is 25.8. The Labute approximate surface area is 235 Å². The van der Waals surface area contributed by atoms with E-state index in [0.717, 1.165) is 66.6 Å². The summed E-state index contributed by atoms with van der Waals surface area (Å²) in [5, 5.41) is 3.46. The van der Waals surface area contributed by atoms with Crippen LogP contribution < -0.4 is 5.32 Å². The van der Waals surface area contributed by atoms with E-state index in [-0.39, 0.29) is 0 Å². The van der Waals surface area contributed by atoms with Crippen LogP contribution in [-0.4, -0.2) is 63.0 Å². The van der Waals surface area contributed by atoms with Gasteiger partial charge in [0.15, 0.2) is 5.82 Å². The largest absolute Gasteiger partial charge is 0.366 e. The molecule has 0 radical (unpaired) electrons. The van der Waals surface area contributed by atoms with Crippen molar-refractivity contribution in [1.82, 2.24) is 29.7 Å². The van der Waals surface area contributed by atoms with E-state index in [9.17, 15) is 0 Å². The van der Waals surface area contributed by atoms with Crippen LogP contribution in [0.2, 0.25) is 0 Å². The number of hydrogen-bond acceptors (Lipinski definition) is 7. The van der Waals surface area contributed by atoms with Gasteiger partial charge in [0.1, 0.15) is 11.5 Å². The first-order valence-corrected chi connectivity index (χ1v) is 13.7. The van der Waals surface area contributed by atoms with Crippen molar-refractivity contribution in [2.24, 2.45) is 0 Å². The molecule has 0 spiro atoms. The molecule has 1 saturated heterocycles. The maximum absolute atomic E-state index is 4.89. The summed E-state index contributed by atoms with van der Waals surface area (Å²) in [7, 11) is 2.19. The Morgan fingerprint density at radius 1 is 0.700 bits per heavy atom. The van der Waals surface area contributed by atoms with Crippen LogP contribution in [0.3, 0.4) is 0 Å². The van der Waals surface area contributed by atoms with Gasteiger partial charge in [0.05, 0.1) is 5.69 Å². The SMILES string of the molecule is CN1CCN(Cc2ccc(-c3cncc(-c4cc(NCc5ccccc5)nc(-c5ccccn5)n4)c3)cc2)CC1. The van der Waals surface area contributed by atoms with E-state index in [1.54, 1.807) is 6.20 Å². The first-order valence-electron chi connectivity index (χ1n) is 13.7. The molecule has 4 heterocycles. The van der Waals surface area contributed by atoms with E-state index in [1.165, 1.54) is 11.1 Å². The average molecular weight is 528 g/mol. The van der Waals surface area contributed by atoms with Gasteiger partial charge in [-0.2, -0.15) is 0 Å². The number of aromatic nitrogens is 4. The lowest BCUT2D eigenvalue weighted by atomic mass is 10.0. The van der Waals surface area contributed by atoms with Gasteiger partial charge in [-0.1, -0.05) is 60.7 Å². The van der Waals surface area contributed by atoms with Crippen LogP contribution in [-0.2, 0) is 13.1 Å². The fraction of sp³-hybridized carbons (Fsp3) is 0.212. The van der Waals surface area contributed by atoms with Crippen LogP contribution in [0.1, 0.15) is 11.1 Å². The minimum Gasteiger partial charge on any atom is -0.366 e. The molecule has 0 atom stereocenters. The quantitative estimate of drug-likeness (QED) is 0.281. The topological polar surface area (TPSA) is 70.1 Å². The van der Waals surface area contributed by atoms with Crippen LogP contribution in [0, 0.1) is 0 Å². The Balaban J connectivity index is 1.25. The van der Waals surface area contributed by atoms with Crippen molar-refractivity contribution < 1.29 is 0 Å². The molecule has 3 aromatic heterocycles. The number of hydrogen-bond donors (Lipinski definition) is 1. The van der Waals surface area contributed by atoms with Crippen LogP contribution in [0.4, 0.5) is 5.82 Å². The molecule has 1 aliphatic rings. The summed E-state index contributed by atoms with van der Waals surface area (Å²) in [6.07, 6.45) is 5.53. The van der Waals surface area contributed by atoms with Gasteiger partial charge in [0, 0.05) is 75.1 Å². The van der Waals surface area contributed by atoms with Crippen LogP contribution in [0.25, 0.3) is 33.9 Å². The van der Waals surface area contributed by atoms with Gasteiger partial charge in [-0.05, 0) is 41.9 Å². The molecule has 1 fully saturated rings. The molecular weight excluding hydrogens is 494 g/mol. The summed E-state index contributed by atoms with van der Waals surface area (Å²) in [6, 6.07) is 29.0. The Hall–Kier alpha value is -4.46. The van der Waals surface area contributed by atoms with Gasteiger partial charge in [-0.25, -0.2) is 9.97 Å². The molecule has 0 aliphatic carbocycles. The zero-order valence-corrected chi connectivity index (χ0v) is 22.7. The Bertz CT molecular complexity index is 1530. The first-order chi connectivity index (χ1) is 19.7. The van der Waals surface area contributed by atoms with E-state index in [0.29, 0.717) is 12.4 Å². The summed E-state index contributed by atoms with van der Waals surface area (Å²) in [4.78, 5) is 23.6. The van der Waals surface area contributed by atoms with Crippen molar-refractivity contribution in [3.8, 4) is 33.9 Å². The molecule has 1 aliphatic heterocycles. The van der Waals surface area contributed by atoms with Crippen molar-refractivity contribution in [2.75, 3.05) is 38.5 Å². The molecule has 0 saturated carbocycles. The van der Waals surface area contributed by atoms with E-state index < -0.39 is 0 Å². The molecule has 200 valence electrons. The lowest BCUT2D eigenvalue weighted by Crippen LogP contribution is -2.43. The molecule has 7 heteroatoms. The highest BCUT2D eigenvalue weighted by molar-refractivity contribution is 5.72. The molecule has 0 unspecified atom stereocenters. The number of pyridine rings is 2. The van der Waals surface area contributed by atoms with Crippen LogP contribution >= 0.6 is 0 Å². The van der Waals surface area contributed by atoms with E-state index in [1.807, 2.05) is 54.9 Å². The molecule has 1 N–H and O–H groups in total. The van der Waals surface area contributed by atoms with Crippen LogP contribution in [0.5, 0.6) is 0 Å². The van der Waals surface area contributed by atoms with Gasteiger partial charge < -0.3 is 10.2 Å². The Kier molecular flexibility index (Phi) is 7.84. The Morgan fingerprint density at radius 2 is 1.48 bits per heavy atom. The van der Waals surface area contributed by atoms with Crippen molar-refractivity contribution in [2.45, 2.75) is 13.1 Å². The maximum atomic E-state index is 4.89. The number of nitrogens with one attached hydrogen (secondary N) is 1. The van der Waals surface area contributed by atoms with Crippen molar-refractivity contribution >= 4 is 5.82 Å².